The van der Waals surface area contributed by atoms with Crippen molar-refractivity contribution in [1.82, 2.24) is 0 Å². The highest BCUT2D eigenvalue weighted by Crippen LogP contribution is 2.38. The molecule has 0 unspecified atom stereocenters. The van der Waals surface area contributed by atoms with Crippen LogP contribution in [0.1, 0.15) is 5.56 Å². The lowest BCUT2D eigenvalue weighted by Gasteiger charge is -2.09. The molecular formula is C8H4F4N2. The van der Waals surface area contributed by atoms with E-state index in [1.54, 1.807) is 0 Å². The first-order valence-corrected chi connectivity index (χ1v) is 3.40. The number of hydrogen-bond acceptors (Lipinski definition) is 1. The molecule has 1 aromatic rings. The Morgan fingerprint density at radius 1 is 1.29 bits per heavy atom. The Kier molecular flexibility index (Phi) is 2.34. The van der Waals surface area contributed by atoms with Crippen LogP contribution in [0.3, 0.4) is 0 Å². The Hall–Kier alpha value is -1.77. The average molecular weight is 204 g/mol. The first-order valence-electron chi connectivity index (χ1n) is 3.40. The zero-order valence-electron chi connectivity index (χ0n) is 6.69. The summed E-state index contributed by atoms with van der Waals surface area (Å²) in [5, 5.41) is 0. The first kappa shape index (κ1) is 10.3. The van der Waals surface area contributed by atoms with Crippen LogP contribution in [0.25, 0.3) is 4.85 Å². The fraction of sp³-hybridized carbons (Fsp3) is 0.125. The number of benzene rings is 1. The molecule has 2 nitrogen and oxygen atoms in total. The average Bonchev–Trinajstić information content (AvgIpc) is 2.07. The van der Waals surface area contributed by atoms with Crippen molar-refractivity contribution in [1.29, 1.82) is 0 Å². The van der Waals surface area contributed by atoms with E-state index < -0.39 is 28.9 Å². The van der Waals surface area contributed by atoms with Gasteiger partial charge in [0.25, 0.3) is 0 Å². The van der Waals surface area contributed by atoms with E-state index in [0.29, 0.717) is 12.1 Å². The Labute approximate surface area is 76.8 Å². The van der Waals surface area contributed by atoms with Gasteiger partial charge in [0, 0.05) is 0 Å². The van der Waals surface area contributed by atoms with Crippen molar-refractivity contribution in [2.45, 2.75) is 6.18 Å². The molecule has 74 valence electrons. The van der Waals surface area contributed by atoms with Crippen LogP contribution < -0.4 is 5.73 Å². The SMILES string of the molecule is [C-]#[N+]c1cc(F)c(N)cc1C(F)(F)F. The number of nitrogens with two attached hydrogens (primary N) is 1. The van der Waals surface area contributed by atoms with Gasteiger partial charge in [-0.05, 0) is 12.1 Å². The minimum absolute atomic E-state index is 0.419. The Bertz CT molecular complexity index is 403. The maximum Gasteiger partial charge on any atom is 0.407 e. The van der Waals surface area contributed by atoms with Crippen LogP contribution >= 0.6 is 0 Å². The number of anilines is 1. The van der Waals surface area contributed by atoms with Crippen molar-refractivity contribution in [2.24, 2.45) is 0 Å². The van der Waals surface area contributed by atoms with E-state index in [2.05, 4.69) is 4.85 Å². The molecule has 0 saturated carbocycles. The minimum atomic E-state index is -4.69. The van der Waals surface area contributed by atoms with Gasteiger partial charge in [0.2, 0.25) is 5.69 Å². The van der Waals surface area contributed by atoms with Crippen LogP contribution in [0.2, 0.25) is 0 Å². The van der Waals surface area contributed by atoms with Crippen molar-refractivity contribution < 1.29 is 17.6 Å². The van der Waals surface area contributed by atoms with Gasteiger partial charge in [-0.2, -0.15) is 13.2 Å². The predicted octanol–water partition coefficient (Wildman–Crippen LogP) is 2.98. The maximum absolute atomic E-state index is 12.7. The Morgan fingerprint density at radius 3 is 2.29 bits per heavy atom. The highest BCUT2D eigenvalue weighted by Gasteiger charge is 2.34. The van der Waals surface area contributed by atoms with Gasteiger partial charge >= 0.3 is 6.18 Å². The summed E-state index contributed by atoms with van der Waals surface area (Å²) in [5.41, 5.74) is 2.34. The zero-order valence-corrected chi connectivity index (χ0v) is 6.69. The molecule has 0 spiro atoms. The van der Waals surface area contributed by atoms with Crippen LogP contribution in [-0.4, -0.2) is 0 Å². The van der Waals surface area contributed by atoms with Crippen LogP contribution in [0.15, 0.2) is 12.1 Å². The molecule has 0 amide bonds. The normalized spacial score (nSPS) is 11.1. The van der Waals surface area contributed by atoms with Gasteiger partial charge in [-0.15, -0.1) is 0 Å². The van der Waals surface area contributed by atoms with E-state index in [4.69, 9.17) is 12.3 Å². The van der Waals surface area contributed by atoms with Gasteiger partial charge in [-0.3, -0.25) is 0 Å². The fourth-order valence-electron chi connectivity index (χ4n) is 0.899. The predicted molar refractivity (Wildman–Crippen MR) is 42.1 cm³/mol. The van der Waals surface area contributed by atoms with Crippen LogP contribution in [0.5, 0.6) is 0 Å². The Balaban J connectivity index is 3.45. The van der Waals surface area contributed by atoms with Crippen LogP contribution in [0.4, 0.5) is 28.9 Å². The third-order valence-corrected chi connectivity index (χ3v) is 1.54. The number of hydrogen-bond donors (Lipinski definition) is 1. The number of rotatable bonds is 0. The second-order valence-corrected chi connectivity index (χ2v) is 2.50. The second-order valence-electron chi connectivity index (χ2n) is 2.50. The molecule has 0 radical (unpaired) electrons. The molecule has 0 atom stereocenters. The number of nitrogen functional groups attached to an aromatic ring is 1. The lowest BCUT2D eigenvalue weighted by Crippen LogP contribution is -2.06. The van der Waals surface area contributed by atoms with E-state index in [1.807, 2.05) is 0 Å². The molecule has 2 N–H and O–H groups in total. The van der Waals surface area contributed by atoms with Crippen molar-refractivity contribution >= 4 is 11.4 Å². The monoisotopic (exact) mass is 204 g/mol. The highest BCUT2D eigenvalue weighted by molar-refractivity contribution is 5.60. The molecule has 0 bridgehead atoms. The molecule has 1 aromatic carbocycles. The van der Waals surface area contributed by atoms with E-state index in [0.717, 1.165) is 0 Å². The summed E-state index contributed by atoms with van der Waals surface area (Å²) in [5.74, 6) is -1.02. The molecule has 0 aliphatic heterocycles. The van der Waals surface area contributed by atoms with E-state index >= 15 is 0 Å². The molecular weight excluding hydrogens is 200 g/mol. The van der Waals surface area contributed by atoms with Crippen LogP contribution in [0, 0.1) is 12.4 Å². The molecule has 0 aromatic heterocycles. The number of alkyl halides is 3. The van der Waals surface area contributed by atoms with Crippen molar-refractivity contribution in [3.05, 3.63) is 34.9 Å². The molecule has 0 heterocycles. The molecule has 0 aliphatic carbocycles. The smallest absolute Gasteiger partial charge is 0.396 e. The molecule has 0 fully saturated rings. The standard InChI is InChI=1S/C8H4F4N2/c1-14-7-3-5(9)6(13)2-4(7)8(10,11)12/h2-3H,13H2. The van der Waals surface area contributed by atoms with E-state index in [-0.39, 0.29) is 0 Å². The second kappa shape index (κ2) is 3.18. The van der Waals surface area contributed by atoms with Crippen molar-refractivity contribution in [2.75, 3.05) is 5.73 Å². The summed E-state index contributed by atoms with van der Waals surface area (Å²) >= 11 is 0. The quantitative estimate of drug-likeness (QED) is 0.393. The molecule has 0 saturated heterocycles. The Morgan fingerprint density at radius 2 is 1.86 bits per heavy atom. The van der Waals surface area contributed by atoms with Crippen molar-refractivity contribution in [3.8, 4) is 0 Å². The van der Waals surface area contributed by atoms with Gasteiger partial charge in [0.1, 0.15) is 5.82 Å². The fourth-order valence-corrected chi connectivity index (χ4v) is 0.899. The topological polar surface area (TPSA) is 30.4 Å². The zero-order chi connectivity index (χ0) is 10.9. The van der Waals surface area contributed by atoms with Crippen LogP contribution in [-0.2, 0) is 6.18 Å². The largest absolute Gasteiger partial charge is 0.407 e. The number of halogens is 4. The van der Waals surface area contributed by atoms with E-state index in [9.17, 15) is 17.6 Å². The van der Waals surface area contributed by atoms with Gasteiger partial charge < -0.3 is 5.73 Å². The van der Waals surface area contributed by atoms with Gasteiger partial charge in [0.15, 0.2) is 0 Å². The summed E-state index contributed by atoms with van der Waals surface area (Å²) in [4.78, 5) is 2.57. The molecule has 0 aliphatic rings. The molecule has 1 rings (SSSR count). The maximum atomic E-state index is 12.7. The summed E-state index contributed by atoms with van der Waals surface area (Å²) in [6, 6.07) is 0.897. The van der Waals surface area contributed by atoms with Crippen molar-refractivity contribution in [3.63, 3.8) is 0 Å². The first-order chi connectivity index (χ1) is 6.36. The summed E-state index contributed by atoms with van der Waals surface area (Å²) in [7, 11) is 0. The lowest BCUT2D eigenvalue weighted by molar-refractivity contribution is -0.136. The third-order valence-electron chi connectivity index (χ3n) is 1.54. The van der Waals surface area contributed by atoms with Gasteiger partial charge in [0.05, 0.1) is 17.8 Å². The minimum Gasteiger partial charge on any atom is -0.396 e. The summed E-state index contributed by atoms with van der Waals surface area (Å²) < 4.78 is 49.4. The number of nitrogens with zero attached hydrogens (tertiary/aromatic N) is 1. The van der Waals surface area contributed by atoms with Gasteiger partial charge in [-0.25, -0.2) is 9.24 Å². The summed E-state index contributed by atoms with van der Waals surface area (Å²) in [6.45, 7) is 6.45. The molecule has 6 heteroatoms. The summed E-state index contributed by atoms with van der Waals surface area (Å²) in [6.07, 6.45) is -4.69. The third kappa shape index (κ3) is 1.76. The molecule has 14 heavy (non-hydrogen) atoms. The van der Waals surface area contributed by atoms with Gasteiger partial charge in [-0.1, -0.05) is 0 Å². The lowest BCUT2D eigenvalue weighted by atomic mass is 10.1. The highest BCUT2D eigenvalue weighted by atomic mass is 19.4. The van der Waals surface area contributed by atoms with E-state index in [1.165, 1.54) is 0 Å².